The number of methoxy groups -OCH3 is 1. The number of carbonyl (C=O) groups excluding carboxylic acids is 1. The summed E-state index contributed by atoms with van der Waals surface area (Å²) in [5.74, 6) is 1.07. The maximum absolute atomic E-state index is 13.2. The average molecular weight is 473 g/mol. The minimum Gasteiger partial charge on any atom is -0.496 e. The summed E-state index contributed by atoms with van der Waals surface area (Å²) in [4.78, 5) is 36.0. The molecule has 4 aromatic rings. The van der Waals surface area contributed by atoms with Gasteiger partial charge in [0.05, 0.1) is 24.1 Å². The van der Waals surface area contributed by atoms with Crippen LogP contribution in [-0.2, 0) is 4.79 Å². The van der Waals surface area contributed by atoms with Crippen LogP contribution in [0.5, 0.6) is 5.75 Å². The Balaban J connectivity index is 1.49. The third-order valence-electron chi connectivity index (χ3n) is 6.71. The average Bonchev–Trinajstić information content (AvgIpc) is 3.25. The number of hydrogen-bond donors (Lipinski definition) is 1. The lowest BCUT2D eigenvalue weighted by atomic mass is 10.0. The first-order chi connectivity index (χ1) is 17.0. The van der Waals surface area contributed by atoms with Crippen LogP contribution in [0.25, 0.3) is 28.1 Å². The number of nitrogens with zero attached hydrogens (tertiary/aromatic N) is 5. The first kappa shape index (κ1) is 22.6. The smallest absolute Gasteiger partial charge is 0.277 e. The van der Waals surface area contributed by atoms with Crippen molar-refractivity contribution >= 4 is 23.1 Å². The molecule has 0 aliphatic carbocycles. The molecular formula is C26H28N6O3. The quantitative estimate of drug-likeness (QED) is 0.433. The zero-order chi connectivity index (χ0) is 24.5. The predicted molar refractivity (Wildman–Crippen MR) is 135 cm³/mol. The number of rotatable bonds is 6. The number of ether oxygens (including phenoxy) is 1. The maximum Gasteiger partial charge on any atom is 0.277 e. The molecule has 35 heavy (non-hydrogen) atoms. The van der Waals surface area contributed by atoms with Crippen LogP contribution >= 0.6 is 0 Å². The largest absolute Gasteiger partial charge is 0.496 e. The number of carbonyl (C=O) groups is 1. The van der Waals surface area contributed by atoms with Crippen molar-refractivity contribution in [2.45, 2.75) is 25.8 Å². The van der Waals surface area contributed by atoms with Gasteiger partial charge in [0.15, 0.2) is 5.52 Å². The van der Waals surface area contributed by atoms with Crippen LogP contribution in [-0.4, -0.2) is 64.3 Å². The highest BCUT2D eigenvalue weighted by molar-refractivity contribution is 5.81. The number of piperidine rings is 1. The van der Waals surface area contributed by atoms with Gasteiger partial charge in [-0.15, -0.1) is 0 Å². The monoisotopic (exact) mass is 472 g/mol. The molecule has 1 N–H and O–H groups in total. The van der Waals surface area contributed by atoms with Crippen LogP contribution in [0.4, 0.5) is 5.69 Å². The van der Waals surface area contributed by atoms with Crippen molar-refractivity contribution in [1.82, 2.24) is 24.6 Å². The minimum absolute atomic E-state index is 0.262. The molecule has 9 heteroatoms. The molecule has 5 rings (SSSR count). The summed E-state index contributed by atoms with van der Waals surface area (Å²) >= 11 is 0. The fourth-order valence-electron chi connectivity index (χ4n) is 4.74. The SMILES string of the molecule is COc1cc(N2CCC(N(C)C=O)CC2)ccc1-c1nc2c(C)nn(-c3ccccc3)c2c(=O)[nH]1. The second-order valence-corrected chi connectivity index (χ2v) is 8.82. The Bertz CT molecular complexity index is 1420. The molecule has 1 aliphatic rings. The Morgan fingerprint density at radius 1 is 1.11 bits per heavy atom. The van der Waals surface area contributed by atoms with E-state index in [0.29, 0.717) is 33.9 Å². The molecule has 0 unspecified atom stereocenters. The first-order valence-corrected chi connectivity index (χ1v) is 11.7. The molecule has 0 bridgehead atoms. The van der Waals surface area contributed by atoms with Gasteiger partial charge in [-0.3, -0.25) is 9.59 Å². The lowest BCUT2D eigenvalue weighted by Gasteiger charge is -2.36. The van der Waals surface area contributed by atoms with Crippen molar-refractivity contribution in [2.24, 2.45) is 0 Å². The van der Waals surface area contributed by atoms with E-state index in [2.05, 4.69) is 15.0 Å². The summed E-state index contributed by atoms with van der Waals surface area (Å²) in [6, 6.07) is 15.7. The van der Waals surface area contributed by atoms with E-state index >= 15 is 0 Å². The third-order valence-corrected chi connectivity index (χ3v) is 6.71. The molecule has 2 aromatic heterocycles. The van der Waals surface area contributed by atoms with E-state index in [9.17, 15) is 9.59 Å². The number of para-hydroxylation sites is 1. The molecule has 0 radical (unpaired) electrons. The van der Waals surface area contributed by atoms with Crippen LogP contribution in [0.3, 0.4) is 0 Å². The summed E-state index contributed by atoms with van der Waals surface area (Å²) in [5.41, 5.74) is 3.93. The van der Waals surface area contributed by atoms with Crippen molar-refractivity contribution in [1.29, 1.82) is 0 Å². The van der Waals surface area contributed by atoms with E-state index in [0.717, 1.165) is 43.7 Å². The fourth-order valence-corrected chi connectivity index (χ4v) is 4.74. The van der Waals surface area contributed by atoms with Gasteiger partial charge in [0.1, 0.15) is 17.1 Å². The van der Waals surface area contributed by atoms with Crippen LogP contribution in [0.1, 0.15) is 18.5 Å². The van der Waals surface area contributed by atoms with E-state index < -0.39 is 0 Å². The fraction of sp³-hybridized carbons (Fsp3) is 0.308. The molecule has 1 saturated heterocycles. The second kappa shape index (κ2) is 9.25. The highest BCUT2D eigenvalue weighted by Crippen LogP contribution is 2.33. The van der Waals surface area contributed by atoms with Gasteiger partial charge in [0, 0.05) is 37.9 Å². The van der Waals surface area contributed by atoms with Crippen LogP contribution in [0.15, 0.2) is 53.3 Å². The summed E-state index contributed by atoms with van der Waals surface area (Å²) in [5, 5.41) is 4.57. The van der Waals surface area contributed by atoms with Gasteiger partial charge in [-0.1, -0.05) is 18.2 Å². The van der Waals surface area contributed by atoms with E-state index in [1.165, 1.54) is 0 Å². The highest BCUT2D eigenvalue weighted by Gasteiger charge is 2.23. The highest BCUT2D eigenvalue weighted by atomic mass is 16.5. The Morgan fingerprint density at radius 2 is 1.86 bits per heavy atom. The van der Waals surface area contributed by atoms with E-state index in [4.69, 9.17) is 9.72 Å². The molecular weight excluding hydrogens is 444 g/mol. The van der Waals surface area contributed by atoms with Crippen molar-refractivity contribution in [3.05, 3.63) is 64.6 Å². The Kier molecular flexibility index (Phi) is 5.98. The molecule has 3 heterocycles. The predicted octanol–water partition coefficient (Wildman–Crippen LogP) is 3.15. The number of aryl methyl sites for hydroxylation is 1. The summed E-state index contributed by atoms with van der Waals surface area (Å²) < 4.78 is 7.33. The van der Waals surface area contributed by atoms with Gasteiger partial charge in [0.2, 0.25) is 6.41 Å². The molecule has 1 amide bonds. The molecule has 1 fully saturated rings. The van der Waals surface area contributed by atoms with E-state index in [1.54, 1.807) is 16.7 Å². The number of fused-ring (bicyclic) bond motifs is 1. The number of nitrogens with one attached hydrogen (secondary N) is 1. The molecule has 0 atom stereocenters. The van der Waals surface area contributed by atoms with Crippen LogP contribution < -0.4 is 15.2 Å². The summed E-state index contributed by atoms with van der Waals surface area (Å²) in [6.07, 6.45) is 2.72. The lowest BCUT2D eigenvalue weighted by molar-refractivity contribution is -0.119. The van der Waals surface area contributed by atoms with Gasteiger partial charge in [0.25, 0.3) is 5.56 Å². The topological polar surface area (TPSA) is 96.3 Å². The second-order valence-electron chi connectivity index (χ2n) is 8.82. The molecule has 9 nitrogen and oxygen atoms in total. The number of H-pyrrole nitrogens is 1. The lowest BCUT2D eigenvalue weighted by Crippen LogP contribution is -2.42. The summed E-state index contributed by atoms with van der Waals surface area (Å²) in [7, 11) is 3.45. The van der Waals surface area contributed by atoms with Gasteiger partial charge in [-0.05, 0) is 44.0 Å². The number of amides is 1. The van der Waals surface area contributed by atoms with Gasteiger partial charge < -0.3 is 19.5 Å². The van der Waals surface area contributed by atoms with Crippen LogP contribution in [0, 0.1) is 6.92 Å². The van der Waals surface area contributed by atoms with Gasteiger partial charge >= 0.3 is 0 Å². The molecule has 1 aliphatic heterocycles. The summed E-state index contributed by atoms with van der Waals surface area (Å²) in [6.45, 7) is 3.55. The van der Waals surface area contributed by atoms with Crippen molar-refractivity contribution in [3.63, 3.8) is 0 Å². The van der Waals surface area contributed by atoms with Gasteiger partial charge in [-0.25, -0.2) is 9.67 Å². The number of aromatic nitrogens is 4. The van der Waals surface area contributed by atoms with Crippen molar-refractivity contribution < 1.29 is 9.53 Å². The van der Waals surface area contributed by atoms with Crippen molar-refractivity contribution in [2.75, 3.05) is 32.1 Å². The maximum atomic E-state index is 13.2. The Labute approximate surface area is 203 Å². The number of aromatic amines is 1. The van der Waals surface area contributed by atoms with E-state index in [-0.39, 0.29) is 11.6 Å². The standard InChI is InChI=1S/C26H28N6O3/c1-17-23-24(32(29-17)19-7-5-4-6-8-19)26(34)28-25(27-23)21-10-9-20(15-22(21)35-3)31-13-11-18(12-14-31)30(2)16-33/h4-10,15-16,18H,11-14H2,1-3H3,(H,27,28,34). The third kappa shape index (κ3) is 4.14. The number of anilines is 1. The molecule has 0 saturated carbocycles. The number of benzene rings is 2. The molecule has 2 aromatic carbocycles. The molecule has 0 spiro atoms. The zero-order valence-electron chi connectivity index (χ0n) is 20.1. The minimum atomic E-state index is -0.262. The zero-order valence-corrected chi connectivity index (χ0v) is 20.1. The van der Waals surface area contributed by atoms with Crippen molar-refractivity contribution in [3.8, 4) is 22.8 Å². The van der Waals surface area contributed by atoms with E-state index in [1.807, 2.05) is 62.5 Å². The molecule has 180 valence electrons. The first-order valence-electron chi connectivity index (χ1n) is 11.7. The normalized spacial score (nSPS) is 14.3. The Morgan fingerprint density at radius 3 is 2.54 bits per heavy atom. The van der Waals surface area contributed by atoms with Gasteiger partial charge in [-0.2, -0.15) is 5.10 Å². The Hall–Kier alpha value is -4.14. The number of hydrogen-bond acceptors (Lipinski definition) is 6. The van der Waals surface area contributed by atoms with Crippen LogP contribution in [0.2, 0.25) is 0 Å².